The summed E-state index contributed by atoms with van der Waals surface area (Å²) in [5.41, 5.74) is 1.40. The van der Waals surface area contributed by atoms with E-state index in [1.807, 2.05) is 48.5 Å². The average molecular weight is 389 g/mol. The van der Waals surface area contributed by atoms with Gasteiger partial charge < -0.3 is 9.53 Å². The Bertz CT molecular complexity index is 1090. The molecule has 1 fully saturated rings. The number of aldehydes is 1. The molecule has 0 aliphatic heterocycles. The number of benzene rings is 2. The number of para-hydroxylation sites is 1. The second kappa shape index (κ2) is 6.99. The Morgan fingerprint density at radius 3 is 2.31 bits per heavy atom. The molecule has 4 rings (SSSR count). The van der Waals surface area contributed by atoms with E-state index >= 15 is 0 Å². The molecule has 0 N–H and O–H groups in total. The molecular weight excluding hydrogens is 366 g/mol. The van der Waals surface area contributed by atoms with Crippen LogP contribution in [0, 0.1) is 11.8 Å². The van der Waals surface area contributed by atoms with Crippen LogP contribution in [0.4, 0.5) is 4.79 Å². The van der Waals surface area contributed by atoms with Crippen LogP contribution in [0.1, 0.15) is 42.6 Å². The first-order chi connectivity index (χ1) is 13.8. The van der Waals surface area contributed by atoms with E-state index in [0.717, 1.165) is 11.8 Å². The first-order valence-electron chi connectivity index (χ1n) is 9.70. The maximum absolute atomic E-state index is 13.4. The van der Waals surface area contributed by atoms with Gasteiger partial charge in [-0.1, -0.05) is 48.5 Å². The topological polar surface area (TPSA) is 65.4 Å². The van der Waals surface area contributed by atoms with Crippen LogP contribution in [0.25, 0.3) is 10.9 Å². The second-order valence-electron chi connectivity index (χ2n) is 8.45. The Hall–Kier alpha value is -3.21. The maximum Gasteiger partial charge on any atom is 0.419 e. The standard InChI is InChI=1S/C24H23NO4/c1-24(2,3)29-23(28)25-13-17(16-11-7-8-12-19(16)25)22(27)21-18(14-26)20(21)15-9-5-4-6-10-15/h4-14,18,20-21H,1-3H3/t18-,20-,21+/m0/s1. The largest absolute Gasteiger partial charge is 0.443 e. The van der Waals surface area contributed by atoms with Gasteiger partial charge in [0.15, 0.2) is 5.78 Å². The molecule has 1 aromatic heterocycles. The van der Waals surface area contributed by atoms with Crippen molar-refractivity contribution in [2.45, 2.75) is 32.3 Å². The van der Waals surface area contributed by atoms with Gasteiger partial charge in [0.1, 0.15) is 11.9 Å². The van der Waals surface area contributed by atoms with Crippen LogP contribution in [-0.2, 0) is 9.53 Å². The number of ketones is 1. The van der Waals surface area contributed by atoms with E-state index in [0.29, 0.717) is 16.5 Å². The highest BCUT2D eigenvalue weighted by Gasteiger charge is 2.55. The van der Waals surface area contributed by atoms with Gasteiger partial charge in [0.25, 0.3) is 0 Å². The smallest absolute Gasteiger partial charge is 0.419 e. The zero-order chi connectivity index (χ0) is 20.8. The summed E-state index contributed by atoms with van der Waals surface area (Å²) >= 11 is 0. The molecule has 5 heteroatoms. The van der Waals surface area contributed by atoms with E-state index in [1.54, 1.807) is 33.0 Å². The Kier molecular flexibility index (Phi) is 4.61. The molecule has 1 aliphatic rings. The number of fused-ring (bicyclic) bond motifs is 1. The van der Waals surface area contributed by atoms with Crippen molar-refractivity contribution in [3.63, 3.8) is 0 Å². The predicted molar refractivity (Wildman–Crippen MR) is 110 cm³/mol. The van der Waals surface area contributed by atoms with E-state index in [1.165, 1.54) is 4.57 Å². The highest BCUT2D eigenvalue weighted by Crippen LogP contribution is 2.54. The van der Waals surface area contributed by atoms with Gasteiger partial charge in [0.2, 0.25) is 0 Å². The SMILES string of the molecule is CC(C)(C)OC(=O)n1cc(C(=O)[C@@H]2[C@@H](C=O)[C@@H]2c2ccccc2)c2ccccc21. The summed E-state index contributed by atoms with van der Waals surface area (Å²) in [7, 11) is 0. The van der Waals surface area contributed by atoms with E-state index in [2.05, 4.69) is 0 Å². The summed E-state index contributed by atoms with van der Waals surface area (Å²) in [5, 5.41) is 0.687. The van der Waals surface area contributed by atoms with Gasteiger partial charge in [-0.3, -0.25) is 9.36 Å². The third-order valence-electron chi connectivity index (χ3n) is 5.29. The molecule has 1 heterocycles. The zero-order valence-corrected chi connectivity index (χ0v) is 16.7. The van der Waals surface area contributed by atoms with Gasteiger partial charge in [-0.15, -0.1) is 0 Å². The molecule has 0 unspecified atom stereocenters. The lowest BCUT2D eigenvalue weighted by molar-refractivity contribution is -0.109. The van der Waals surface area contributed by atoms with Gasteiger partial charge in [-0.05, 0) is 32.4 Å². The highest BCUT2D eigenvalue weighted by atomic mass is 16.6. The molecule has 3 aromatic rings. The molecule has 2 aromatic carbocycles. The zero-order valence-electron chi connectivity index (χ0n) is 16.7. The van der Waals surface area contributed by atoms with Crippen molar-refractivity contribution in [1.82, 2.24) is 4.57 Å². The minimum absolute atomic E-state index is 0.116. The molecule has 0 amide bonds. The van der Waals surface area contributed by atoms with Crippen LogP contribution in [0.3, 0.4) is 0 Å². The molecule has 1 aliphatic carbocycles. The fraction of sp³-hybridized carbons (Fsp3) is 0.292. The summed E-state index contributed by atoms with van der Waals surface area (Å²) in [5.74, 6) is -0.986. The lowest BCUT2D eigenvalue weighted by Gasteiger charge is -2.19. The first-order valence-corrected chi connectivity index (χ1v) is 9.70. The number of hydrogen-bond acceptors (Lipinski definition) is 4. The molecule has 0 radical (unpaired) electrons. The Morgan fingerprint density at radius 2 is 1.66 bits per heavy atom. The maximum atomic E-state index is 13.4. The number of nitrogens with zero attached hydrogens (tertiary/aromatic N) is 1. The van der Waals surface area contributed by atoms with Crippen molar-refractivity contribution in [1.29, 1.82) is 0 Å². The second-order valence-corrected chi connectivity index (χ2v) is 8.45. The van der Waals surface area contributed by atoms with Crippen LogP contribution in [0.15, 0.2) is 60.8 Å². The van der Waals surface area contributed by atoms with Gasteiger partial charge >= 0.3 is 6.09 Å². The van der Waals surface area contributed by atoms with Crippen molar-refractivity contribution in [2.75, 3.05) is 0 Å². The summed E-state index contributed by atoms with van der Waals surface area (Å²) in [4.78, 5) is 37.6. The Morgan fingerprint density at radius 1 is 1.00 bits per heavy atom. The average Bonchev–Trinajstić information content (AvgIpc) is 3.30. The first kappa shape index (κ1) is 19.1. The molecule has 1 saturated carbocycles. The quantitative estimate of drug-likeness (QED) is 0.473. The predicted octanol–water partition coefficient (Wildman–Crippen LogP) is 4.84. The molecule has 3 atom stereocenters. The van der Waals surface area contributed by atoms with Crippen molar-refractivity contribution in [3.05, 3.63) is 71.9 Å². The fourth-order valence-corrected chi connectivity index (χ4v) is 3.96. The van der Waals surface area contributed by atoms with Crippen LogP contribution in [0.5, 0.6) is 0 Å². The molecule has 5 nitrogen and oxygen atoms in total. The van der Waals surface area contributed by atoms with Crippen molar-refractivity contribution >= 4 is 29.1 Å². The third-order valence-corrected chi connectivity index (χ3v) is 5.29. The molecule has 0 saturated heterocycles. The van der Waals surface area contributed by atoms with Gasteiger partial charge in [-0.25, -0.2) is 4.79 Å². The number of aromatic nitrogens is 1. The molecule has 0 bridgehead atoms. The van der Waals surface area contributed by atoms with Crippen LogP contribution < -0.4 is 0 Å². The molecule has 29 heavy (non-hydrogen) atoms. The van der Waals surface area contributed by atoms with Crippen molar-refractivity contribution < 1.29 is 19.1 Å². The van der Waals surface area contributed by atoms with Gasteiger partial charge in [0.05, 0.1) is 5.52 Å². The van der Waals surface area contributed by atoms with Crippen LogP contribution >= 0.6 is 0 Å². The van der Waals surface area contributed by atoms with Crippen molar-refractivity contribution in [3.8, 4) is 0 Å². The summed E-state index contributed by atoms with van der Waals surface area (Å²) < 4.78 is 6.87. The minimum atomic E-state index is -0.649. The van der Waals surface area contributed by atoms with Crippen molar-refractivity contribution in [2.24, 2.45) is 11.8 Å². The molecule has 0 spiro atoms. The van der Waals surface area contributed by atoms with E-state index in [9.17, 15) is 14.4 Å². The minimum Gasteiger partial charge on any atom is -0.443 e. The number of rotatable bonds is 4. The lowest BCUT2D eigenvalue weighted by atomic mass is 10.0. The monoisotopic (exact) mass is 389 g/mol. The highest BCUT2D eigenvalue weighted by molar-refractivity contribution is 6.13. The number of ether oxygens (including phenoxy) is 1. The third kappa shape index (κ3) is 3.48. The fourth-order valence-electron chi connectivity index (χ4n) is 3.96. The van der Waals surface area contributed by atoms with E-state index in [4.69, 9.17) is 4.74 Å². The summed E-state index contributed by atoms with van der Waals surface area (Å²) in [6.45, 7) is 5.39. The normalized spacial score (nSPS) is 21.0. The van der Waals surface area contributed by atoms with E-state index < -0.39 is 17.6 Å². The van der Waals surface area contributed by atoms with E-state index in [-0.39, 0.29) is 17.6 Å². The summed E-state index contributed by atoms with van der Waals surface area (Å²) in [6, 6.07) is 16.9. The lowest BCUT2D eigenvalue weighted by Crippen LogP contribution is -2.26. The molecule has 148 valence electrons. The summed E-state index contributed by atoms with van der Waals surface area (Å²) in [6.07, 6.45) is 1.88. The number of carbonyl (C=O) groups is 3. The van der Waals surface area contributed by atoms with Gasteiger partial charge in [-0.2, -0.15) is 0 Å². The van der Waals surface area contributed by atoms with Gasteiger partial charge in [0, 0.05) is 34.9 Å². The van der Waals surface area contributed by atoms with Crippen LogP contribution in [0.2, 0.25) is 0 Å². The Balaban J connectivity index is 1.72. The Labute approximate surface area is 169 Å². The molecular formula is C24H23NO4. The van der Waals surface area contributed by atoms with Crippen LogP contribution in [-0.4, -0.2) is 28.3 Å². The number of hydrogen-bond donors (Lipinski definition) is 0. The number of Topliss-reactive ketones (excluding diaryl/α,β-unsaturated/α-hetero) is 1. The number of carbonyl (C=O) groups excluding carboxylic acids is 3.